The van der Waals surface area contributed by atoms with Crippen LogP contribution >= 0.6 is 0 Å². The summed E-state index contributed by atoms with van der Waals surface area (Å²) in [5.74, 6) is 0. The Balaban J connectivity index is 2.26. The summed E-state index contributed by atoms with van der Waals surface area (Å²) in [5, 5.41) is 2.82. The zero-order valence-corrected chi connectivity index (χ0v) is 8.53. The van der Waals surface area contributed by atoms with Crippen molar-refractivity contribution in [2.45, 2.75) is 13.3 Å². The predicted octanol–water partition coefficient (Wildman–Crippen LogP) is -0.120. The third-order valence-corrected chi connectivity index (χ3v) is 2.28. The second-order valence-electron chi connectivity index (χ2n) is 3.36. The highest BCUT2D eigenvalue weighted by atomic mass is 16.2. The van der Waals surface area contributed by atoms with Crippen molar-refractivity contribution in [3.63, 3.8) is 0 Å². The van der Waals surface area contributed by atoms with Gasteiger partial charge in [-0.1, -0.05) is 6.92 Å². The van der Waals surface area contributed by atoms with Gasteiger partial charge in [0.05, 0.1) is 0 Å². The van der Waals surface area contributed by atoms with E-state index in [1.807, 2.05) is 6.92 Å². The van der Waals surface area contributed by atoms with Crippen molar-refractivity contribution < 1.29 is 9.59 Å². The van der Waals surface area contributed by atoms with Crippen LogP contribution in [0.2, 0.25) is 0 Å². The molecule has 1 fully saturated rings. The van der Waals surface area contributed by atoms with Gasteiger partial charge in [0.1, 0.15) is 0 Å². The maximum atomic E-state index is 11.5. The number of hydrogen-bond donors (Lipinski definition) is 1. The van der Waals surface area contributed by atoms with Crippen molar-refractivity contribution in [1.29, 1.82) is 0 Å². The molecule has 3 amide bonds. The van der Waals surface area contributed by atoms with Crippen LogP contribution in [0.25, 0.3) is 0 Å². The van der Waals surface area contributed by atoms with Crippen LogP contribution in [0.4, 0.5) is 4.79 Å². The number of carbonyl (C=O) groups is 2. The lowest BCUT2D eigenvalue weighted by molar-refractivity contribution is -0.119. The Morgan fingerprint density at radius 2 is 2.00 bits per heavy atom. The molecule has 0 aromatic rings. The molecule has 1 heterocycles. The monoisotopic (exact) mass is 199 g/mol. The van der Waals surface area contributed by atoms with Gasteiger partial charge in [0, 0.05) is 32.7 Å². The average molecular weight is 199 g/mol. The maximum Gasteiger partial charge on any atom is 0.317 e. The zero-order valence-electron chi connectivity index (χ0n) is 8.53. The summed E-state index contributed by atoms with van der Waals surface area (Å²) in [6.45, 7) is 5.28. The van der Waals surface area contributed by atoms with Crippen LogP contribution in [0.15, 0.2) is 0 Å². The zero-order chi connectivity index (χ0) is 10.4. The van der Waals surface area contributed by atoms with Crippen molar-refractivity contribution in [3.05, 3.63) is 0 Å². The fourth-order valence-corrected chi connectivity index (χ4v) is 1.37. The molecule has 0 aliphatic carbocycles. The molecule has 0 radical (unpaired) electrons. The Morgan fingerprint density at radius 1 is 1.36 bits per heavy atom. The smallest absolute Gasteiger partial charge is 0.317 e. The number of nitrogens with zero attached hydrogens (tertiary/aromatic N) is 2. The van der Waals surface area contributed by atoms with Gasteiger partial charge in [-0.15, -0.1) is 0 Å². The van der Waals surface area contributed by atoms with E-state index in [2.05, 4.69) is 5.32 Å². The van der Waals surface area contributed by atoms with E-state index in [4.69, 9.17) is 0 Å². The van der Waals surface area contributed by atoms with Gasteiger partial charge in [-0.2, -0.15) is 0 Å². The largest absolute Gasteiger partial charge is 0.342 e. The quantitative estimate of drug-likeness (QED) is 0.644. The third-order valence-electron chi connectivity index (χ3n) is 2.28. The van der Waals surface area contributed by atoms with Gasteiger partial charge in [0.2, 0.25) is 6.41 Å². The van der Waals surface area contributed by atoms with E-state index in [9.17, 15) is 9.59 Å². The highest BCUT2D eigenvalue weighted by molar-refractivity contribution is 5.74. The summed E-state index contributed by atoms with van der Waals surface area (Å²) < 4.78 is 0. The van der Waals surface area contributed by atoms with E-state index in [0.29, 0.717) is 32.7 Å². The van der Waals surface area contributed by atoms with E-state index in [1.54, 1.807) is 9.80 Å². The van der Waals surface area contributed by atoms with Crippen LogP contribution in [0, 0.1) is 0 Å². The standard InChI is InChI=1S/C9H17N3O2/c1-2-3-10-9(14)12-6-4-11(8-13)5-7-12/h8H,2-7H2,1H3,(H,10,14). The lowest BCUT2D eigenvalue weighted by Gasteiger charge is -2.32. The Kier molecular flexibility index (Phi) is 4.22. The Hall–Kier alpha value is -1.26. The van der Waals surface area contributed by atoms with Gasteiger partial charge < -0.3 is 15.1 Å². The summed E-state index contributed by atoms with van der Waals surface area (Å²) in [6.07, 6.45) is 1.78. The SMILES string of the molecule is CCCNC(=O)N1CCN(C=O)CC1. The second-order valence-corrected chi connectivity index (χ2v) is 3.36. The summed E-state index contributed by atoms with van der Waals surface area (Å²) in [7, 11) is 0. The molecule has 0 aromatic carbocycles. The molecule has 0 bridgehead atoms. The van der Waals surface area contributed by atoms with E-state index in [0.717, 1.165) is 12.8 Å². The minimum absolute atomic E-state index is 0.0163. The molecular formula is C9H17N3O2. The van der Waals surface area contributed by atoms with Gasteiger partial charge in [-0.3, -0.25) is 4.79 Å². The molecule has 1 aliphatic heterocycles. The van der Waals surface area contributed by atoms with Crippen LogP contribution in [0.5, 0.6) is 0 Å². The first-order valence-corrected chi connectivity index (χ1v) is 5.00. The fraction of sp³-hybridized carbons (Fsp3) is 0.778. The Labute approximate surface area is 84.0 Å². The molecule has 0 saturated carbocycles. The number of carbonyl (C=O) groups excluding carboxylic acids is 2. The van der Waals surface area contributed by atoms with Crippen LogP contribution in [0.3, 0.4) is 0 Å². The van der Waals surface area contributed by atoms with Crippen LogP contribution in [-0.4, -0.2) is 55.0 Å². The molecule has 80 valence electrons. The minimum Gasteiger partial charge on any atom is -0.342 e. The summed E-state index contributed by atoms with van der Waals surface area (Å²) in [4.78, 5) is 25.3. The third kappa shape index (κ3) is 2.90. The number of hydrogen-bond acceptors (Lipinski definition) is 2. The lowest BCUT2D eigenvalue weighted by Crippen LogP contribution is -2.51. The van der Waals surface area contributed by atoms with Crippen molar-refractivity contribution in [3.8, 4) is 0 Å². The topological polar surface area (TPSA) is 52.7 Å². The second kappa shape index (κ2) is 5.47. The first kappa shape index (κ1) is 10.8. The van der Waals surface area contributed by atoms with E-state index in [-0.39, 0.29) is 6.03 Å². The normalized spacial score (nSPS) is 16.6. The van der Waals surface area contributed by atoms with Gasteiger partial charge in [-0.05, 0) is 6.42 Å². The van der Waals surface area contributed by atoms with Gasteiger partial charge >= 0.3 is 6.03 Å². The van der Waals surface area contributed by atoms with Gasteiger partial charge in [0.25, 0.3) is 0 Å². The molecule has 1 N–H and O–H groups in total. The van der Waals surface area contributed by atoms with E-state index < -0.39 is 0 Å². The van der Waals surface area contributed by atoms with Crippen molar-refractivity contribution >= 4 is 12.4 Å². The van der Waals surface area contributed by atoms with Crippen LogP contribution in [0.1, 0.15) is 13.3 Å². The van der Waals surface area contributed by atoms with E-state index >= 15 is 0 Å². The highest BCUT2D eigenvalue weighted by Crippen LogP contribution is 1.99. The Bertz CT molecular complexity index is 200. The number of urea groups is 1. The first-order valence-electron chi connectivity index (χ1n) is 5.00. The van der Waals surface area contributed by atoms with Crippen LogP contribution in [-0.2, 0) is 4.79 Å². The molecule has 0 atom stereocenters. The predicted molar refractivity (Wildman–Crippen MR) is 52.9 cm³/mol. The average Bonchev–Trinajstić information content (AvgIpc) is 2.26. The number of nitrogens with one attached hydrogen (secondary N) is 1. The van der Waals surface area contributed by atoms with E-state index in [1.165, 1.54) is 0 Å². The number of piperazine rings is 1. The number of rotatable bonds is 3. The molecule has 1 rings (SSSR count). The molecule has 1 aliphatic rings. The molecule has 5 nitrogen and oxygen atoms in total. The van der Waals surface area contributed by atoms with Crippen molar-refractivity contribution in [1.82, 2.24) is 15.1 Å². The summed E-state index contributed by atoms with van der Waals surface area (Å²) in [6, 6.07) is -0.0163. The summed E-state index contributed by atoms with van der Waals surface area (Å²) in [5.41, 5.74) is 0. The fourth-order valence-electron chi connectivity index (χ4n) is 1.37. The van der Waals surface area contributed by atoms with Crippen molar-refractivity contribution in [2.24, 2.45) is 0 Å². The minimum atomic E-state index is -0.0163. The van der Waals surface area contributed by atoms with Gasteiger partial charge in [0.15, 0.2) is 0 Å². The summed E-state index contributed by atoms with van der Waals surface area (Å²) >= 11 is 0. The Morgan fingerprint density at radius 3 is 2.50 bits per heavy atom. The molecule has 1 saturated heterocycles. The highest BCUT2D eigenvalue weighted by Gasteiger charge is 2.19. The van der Waals surface area contributed by atoms with Crippen LogP contribution < -0.4 is 5.32 Å². The molecule has 0 unspecified atom stereocenters. The molecule has 14 heavy (non-hydrogen) atoms. The maximum absolute atomic E-state index is 11.5. The first-order chi connectivity index (χ1) is 6.77. The number of amides is 3. The van der Waals surface area contributed by atoms with Gasteiger partial charge in [-0.25, -0.2) is 4.79 Å². The molecule has 0 spiro atoms. The lowest BCUT2D eigenvalue weighted by atomic mass is 10.3. The molecular weight excluding hydrogens is 182 g/mol. The molecule has 0 aromatic heterocycles. The molecule has 5 heteroatoms. The van der Waals surface area contributed by atoms with Crippen molar-refractivity contribution in [2.75, 3.05) is 32.7 Å².